The Morgan fingerprint density at radius 1 is 0.677 bits per heavy atom. The van der Waals surface area contributed by atoms with E-state index >= 15 is 0 Å². The average molecular weight is 444 g/mol. The van der Waals surface area contributed by atoms with E-state index in [0.29, 0.717) is 0 Å². The van der Waals surface area contributed by atoms with Gasteiger partial charge in [-0.1, -0.05) is 96.2 Å². The number of hydrogen-bond donors (Lipinski definition) is 1. The largest absolute Gasteiger partial charge is 0.241 e. The highest BCUT2D eigenvalue weighted by molar-refractivity contribution is 7.99. The van der Waals surface area contributed by atoms with Gasteiger partial charge in [0.05, 0.1) is 4.90 Å². The maximum absolute atomic E-state index is 13.7. The first-order chi connectivity index (χ1) is 15.0. The van der Waals surface area contributed by atoms with Gasteiger partial charge in [-0.05, 0) is 47.9 Å². The van der Waals surface area contributed by atoms with Crippen LogP contribution in [0.4, 0.5) is 0 Å². The predicted octanol–water partition coefficient (Wildman–Crippen LogP) is 5.73. The Labute approximate surface area is 187 Å². The number of fused-ring (bicyclic) bond motifs is 2. The fraction of sp³-hybridized carbons (Fsp3) is 0.0769. The first-order valence-electron chi connectivity index (χ1n) is 10.0. The minimum absolute atomic E-state index is 0.251. The summed E-state index contributed by atoms with van der Waals surface area (Å²) in [4.78, 5) is 2.33. The molecule has 0 amide bonds. The molecule has 0 unspecified atom stereocenters. The topological polar surface area (TPSA) is 46.2 Å². The third kappa shape index (κ3) is 3.39. The van der Waals surface area contributed by atoms with E-state index in [0.717, 1.165) is 32.0 Å². The summed E-state index contributed by atoms with van der Waals surface area (Å²) < 4.78 is 30.5. The third-order valence-corrected chi connectivity index (χ3v) is 8.25. The lowest BCUT2D eigenvalue weighted by atomic mass is 9.77. The van der Waals surface area contributed by atoms with Crippen molar-refractivity contribution in [2.45, 2.75) is 27.1 Å². The zero-order valence-corrected chi connectivity index (χ0v) is 18.6. The maximum Gasteiger partial charge on any atom is 0.241 e. The number of rotatable bonds is 4. The van der Waals surface area contributed by atoms with E-state index in [1.165, 1.54) is 0 Å². The van der Waals surface area contributed by atoms with Gasteiger partial charge < -0.3 is 0 Å². The second-order valence-corrected chi connectivity index (χ2v) is 10.4. The molecule has 4 aromatic carbocycles. The van der Waals surface area contributed by atoms with Crippen molar-refractivity contribution >= 4 is 21.8 Å². The van der Waals surface area contributed by atoms with Crippen LogP contribution in [-0.4, -0.2) is 8.42 Å². The van der Waals surface area contributed by atoms with Crippen molar-refractivity contribution in [1.82, 2.24) is 4.72 Å². The Bertz CT molecular complexity index is 1300. The zero-order valence-electron chi connectivity index (χ0n) is 16.9. The van der Waals surface area contributed by atoms with Crippen LogP contribution >= 0.6 is 11.8 Å². The van der Waals surface area contributed by atoms with E-state index in [1.807, 2.05) is 97.9 Å². The first-order valence-corrected chi connectivity index (χ1v) is 12.3. The van der Waals surface area contributed by atoms with Crippen LogP contribution in [0.3, 0.4) is 0 Å². The van der Waals surface area contributed by atoms with Crippen molar-refractivity contribution in [2.75, 3.05) is 0 Å². The third-order valence-electron chi connectivity index (χ3n) is 5.63. The molecular weight excluding hydrogens is 422 g/mol. The minimum atomic E-state index is -3.83. The molecule has 0 fully saturated rings. The highest BCUT2D eigenvalue weighted by Gasteiger charge is 2.45. The molecule has 31 heavy (non-hydrogen) atoms. The van der Waals surface area contributed by atoms with Crippen LogP contribution in [0, 0.1) is 6.92 Å². The number of nitrogens with one attached hydrogen (secondary N) is 1. The molecule has 0 atom stereocenters. The van der Waals surface area contributed by atoms with E-state index in [1.54, 1.807) is 23.9 Å². The van der Waals surface area contributed by atoms with Gasteiger partial charge in [0.2, 0.25) is 10.0 Å². The first kappa shape index (κ1) is 20.1. The molecule has 0 saturated heterocycles. The smallest absolute Gasteiger partial charge is 0.207 e. The SMILES string of the molecule is Cc1ccc(S(=O)(=O)NC2(c3ccccc3)c3ccccc3Sc3ccccc32)cc1. The van der Waals surface area contributed by atoms with Gasteiger partial charge in [-0.15, -0.1) is 0 Å². The lowest BCUT2D eigenvalue weighted by Crippen LogP contribution is -2.49. The monoisotopic (exact) mass is 443 g/mol. The summed E-state index contributed by atoms with van der Waals surface area (Å²) in [6.45, 7) is 1.94. The number of benzene rings is 4. The van der Waals surface area contributed by atoms with E-state index in [4.69, 9.17) is 0 Å². The molecule has 1 aliphatic heterocycles. The van der Waals surface area contributed by atoms with Gasteiger partial charge in [0.15, 0.2) is 0 Å². The molecule has 1 N–H and O–H groups in total. The summed E-state index contributed by atoms with van der Waals surface area (Å²) in [6, 6.07) is 32.8. The van der Waals surface area contributed by atoms with Crippen LogP contribution in [0.15, 0.2) is 118 Å². The van der Waals surface area contributed by atoms with Crippen LogP contribution in [-0.2, 0) is 15.6 Å². The summed E-state index contributed by atoms with van der Waals surface area (Å²) in [7, 11) is -3.83. The maximum atomic E-state index is 13.7. The standard InChI is InChI=1S/C26H21NO2S2/c1-19-15-17-21(18-16-19)31(28,29)27-26(20-9-3-2-4-10-20)22-11-5-7-13-24(22)30-25-14-8-6-12-23(25)26/h2-18,27H,1H3. The molecule has 0 radical (unpaired) electrons. The molecule has 0 aromatic heterocycles. The Balaban J connectivity index is 1.81. The van der Waals surface area contributed by atoms with Crippen molar-refractivity contribution in [1.29, 1.82) is 0 Å². The lowest BCUT2D eigenvalue weighted by Gasteiger charge is -2.41. The van der Waals surface area contributed by atoms with E-state index in [2.05, 4.69) is 4.72 Å². The minimum Gasteiger partial charge on any atom is -0.207 e. The van der Waals surface area contributed by atoms with Crippen LogP contribution in [0.25, 0.3) is 0 Å². The van der Waals surface area contributed by atoms with E-state index in [-0.39, 0.29) is 4.90 Å². The van der Waals surface area contributed by atoms with Gasteiger partial charge in [0.25, 0.3) is 0 Å². The van der Waals surface area contributed by atoms with Crippen molar-refractivity contribution in [3.8, 4) is 0 Å². The molecule has 4 aromatic rings. The molecule has 1 aliphatic rings. The summed E-state index contributed by atoms with van der Waals surface area (Å²) in [5.74, 6) is 0. The van der Waals surface area contributed by atoms with Gasteiger partial charge in [0, 0.05) is 9.79 Å². The second kappa shape index (κ2) is 7.68. The Morgan fingerprint density at radius 2 is 1.19 bits per heavy atom. The van der Waals surface area contributed by atoms with Crippen molar-refractivity contribution in [3.05, 3.63) is 125 Å². The Morgan fingerprint density at radius 3 is 1.77 bits per heavy atom. The molecule has 3 nitrogen and oxygen atoms in total. The zero-order chi connectivity index (χ0) is 21.5. The molecule has 0 aliphatic carbocycles. The van der Waals surface area contributed by atoms with Gasteiger partial charge in [-0.2, -0.15) is 4.72 Å². The number of hydrogen-bond acceptors (Lipinski definition) is 3. The summed E-state index contributed by atoms with van der Waals surface area (Å²) in [5, 5.41) is 0. The van der Waals surface area contributed by atoms with Crippen molar-refractivity contribution in [3.63, 3.8) is 0 Å². The van der Waals surface area contributed by atoms with E-state index in [9.17, 15) is 8.42 Å². The van der Waals surface area contributed by atoms with Crippen LogP contribution in [0.1, 0.15) is 22.3 Å². The molecule has 0 bridgehead atoms. The number of aryl methyl sites for hydroxylation is 1. The normalized spacial score (nSPS) is 14.5. The summed E-state index contributed by atoms with van der Waals surface area (Å²) in [5.41, 5.74) is 2.72. The van der Waals surface area contributed by atoms with Crippen molar-refractivity contribution in [2.24, 2.45) is 0 Å². The molecule has 154 valence electrons. The van der Waals surface area contributed by atoms with Gasteiger partial charge in [0.1, 0.15) is 5.54 Å². The molecule has 1 heterocycles. The molecule has 5 rings (SSSR count). The van der Waals surface area contributed by atoms with Gasteiger partial charge in [-0.3, -0.25) is 0 Å². The van der Waals surface area contributed by atoms with Crippen LogP contribution in [0.2, 0.25) is 0 Å². The Kier molecular flexibility index (Phi) is 4.97. The quantitative estimate of drug-likeness (QED) is 0.438. The molecular formula is C26H21NO2S2. The van der Waals surface area contributed by atoms with Gasteiger partial charge in [-0.25, -0.2) is 8.42 Å². The van der Waals surface area contributed by atoms with Gasteiger partial charge >= 0.3 is 0 Å². The highest BCUT2D eigenvalue weighted by atomic mass is 32.2. The fourth-order valence-electron chi connectivity index (χ4n) is 4.14. The molecule has 0 saturated carbocycles. The highest BCUT2D eigenvalue weighted by Crippen LogP contribution is 2.51. The second-order valence-electron chi connectivity index (χ2n) is 7.63. The molecule has 0 spiro atoms. The van der Waals surface area contributed by atoms with E-state index < -0.39 is 15.6 Å². The predicted molar refractivity (Wildman–Crippen MR) is 125 cm³/mol. The average Bonchev–Trinajstić information content (AvgIpc) is 2.79. The Hall–Kier alpha value is -2.86. The van der Waals surface area contributed by atoms with Crippen LogP contribution in [0.5, 0.6) is 0 Å². The van der Waals surface area contributed by atoms with Crippen molar-refractivity contribution < 1.29 is 8.42 Å². The fourth-order valence-corrected chi connectivity index (χ4v) is 6.69. The van der Waals surface area contributed by atoms with Crippen LogP contribution < -0.4 is 4.72 Å². The number of sulfonamides is 1. The molecule has 5 heteroatoms. The summed E-state index contributed by atoms with van der Waals surface area (Å²) in [6.07, 6.45) is 0. The summed E-state index contributed by atoms with van der Waals surface area (Å²) >= 11 is 1.67. The lowest BCUT2D eigenvalue weighted by molar-refractivity contribution is 0.514.